The third-order valence-electron chi connectivity index (χ3n) is 13.3. The number of benzene rings is 10. The molecule has 17 nitrogen and oxygen atoms in total. The number of H-pyrrole nitrogens is 2. The zero-order valence-corrected chi connectivity index (χ0v) is 57.6. The van der Waals surface area contributed by atoms with Crippen LogP contribution in [0.1, 0.15) is 43.0 Å². The van der Waals surface area contributed by atoms with Gasteiger partial charge in [-0.05, 0) is 157 Å². The number of carbonyl (C=O) groups excluding carboxylic acids is 1. The van der Waals surface area contributed by atoms with Gasteiger partial charge in [-0.3, -0.25) is 20.8 Å². The van der Waals surface area contributed by atoms with Crippen LogP contribution in [0.5, 0.6) is 5.75 Å². The lowest BCUT2D eigenvalue weighted by Gasteiger charge is -2.05. The molecule has 0 amide bonds. The van der Waals surface area contributed by atoms with Crippen molar-refractivity contribution in [3.63, 3.8) is 0 Å². The average Bonchev–Trinajstić information content (AvgIpc) is 1.94. The maximum Gasteiger partial charge on any atom is 0.569 e. The Morgan fingerprint density at radius 3 is 1.42 bits per heavy atom. The normalized spacial score (nSPS) is 10.6. The second-order valence-electron chi connectivity index (χ2n) is 20.4. The molecule has 0 unspecified atom stereocenters. The maximum atomic E-state index is 12.0. The Balaban J connectivity index is 0.000000168. The smallest absolute Gasteiger partial charge is 0.537 e. The summed E-state index contributed by atoms with van der Waals surface area (Å²) in [4.78, 5) is 25.6. The van der Waals surface area contributed by atoms with E-state index < -0.39 is 26.0 Å². The van der Waals surface area contributed by atoms with Crippen molar-refractivity contribution in [2.75, 3.05) is 0 Å². The predicted octanol–water partition coefficient (Wildman–Crippen LogP) is 16.0. The molecule has 0 saturated carbocycles. The second kappa shape index (κ2) is 36.7. The number of rotatable bonds is 15. The van der Waals surface area contributed by atoms with Crippen molar-refractivity contribution in [2.45, 2.75) is 30.6 Å². The molecular formula is C72H63BBr3N8O9S2. The highest BCUT2D eigenvalue weighted by Gasteiger charge is 2.14. The first kappa shape index (κ1) is 72.7. The van der Waals surface area contributed by atoms with Gasteiger partial charge < -0.3 is 14.8 Å². The zero-order valence-electron chi connectivity index (χ0n) is 51.3. The van der Waals surface area contributed by atoms with E-state index in [1.165, 1.54) is 18.3 Å². The van der Waals surface area contributed by atoms with Gasteiger partial charge in [0.1, 0.15) is 12.0 Å². The van der Waals surface area contributed by atoms with Crippen molar-refractivity contribution in [3.8, 4) is 61.9 Å². The largest absolute Gasteiger partial charge is 0.569 e. The van der Waals surface area contributed by atoms with Crippen molar-refractivity contribution in [3.05, 3.63) is 314 Å². The molecule has 0 bridgehead atoms. The number of hydrazine groups is 1. The molecule has 23 heteroatoms. The number of nitrogens with two attached hydrogens (primary N) is 1. The molecule has 10 aromatic carbocycles. The van der Waals surface area contributed by atoms with E-state index in [1.54, 1.807) is 77.6 Å². The first-order chi connectivity index (χ1) is 45.7. The minimum Gasteiger partial charge on any atom is -0.537 e. The number of hydrogen-bond acceptors (Lipinski definition) is 12. The minimum absolute atomic E-state index is 0.176. The van der Waals surface area contributed by atoms with E-state index in [-0.39, 0.29) is 15.4 Å². The zero-order chi connectivity index (χ0) is 68.2. The van der Waals surface area contributed by atoms with E-state index in [1.807, 2.05) is 172 Å². The highest BCUT2D eigenvalue weighted by atomic mass is 79.9. The van der Waals surface area contributed by atoms with Crippen LogP contribution in [0.2, 0.25) is 0 Å². The summed E-state index contributed by atoms with van der Waals surface area (Å²) < 4.78 is 53.7. The molecule has 95 heavy (non-hydrogen) atoms. The summed E-state index contributed by atoms with van der Waals surface area (Å²) in [5.41, 5.74) is 14.8. The Kier molecular flexibility index (Phi) is 28.1. The van der Waals surface area contributed by atoms with Gasteiger partial charge in [-0.25, -0.2) is 18.0 Å². The molecule has 12 aromatic rings. The van der Waals surface area contributed by atoms with Gasteiger partial charge in [0.2, 0.25) is 0 Å². The number of sulfonamides is 2. The molecule has 8 N–H and O–H groups in total. The molecule has 1 radical (unpaired) electrons. The fraction of sp³-hybridized carbons (Fsp3) is 0.0417. The van der Waals surface area contributed by atoms with Crippen LogP contribution in [-0.4, -0.2) is 73.5 Å². The molecule has 0 aliphatic heterocycles. The number of hydrogen-bond donors (Lipinski definition) is 7. The predicted molar refractivity (Wildman–Crippen MR) is 387 cm³/mol. The van der Waals surface area contributed by atoms with Crippen LogP contribution in [0.3, 0.4) is 0 Å². The quantitative estimate of drug-likeness (QED) is 0.0166. The van der Waals surface area contributed by atoms with E-state index in [9.17, 15) is 31.5 Å². The molecule has 0 saturated heterocycles. The van der Waals surface area contributed by atoms with Gasteiger partial charge in [0, 0.05) is 30.1 Å². The number of nitrogens with zero attached hydrogens (tertiary/aromatic N) is 3. The average molecular weight is 1500 g/mol. The van der Waals surface area contributed by atoms with Crippen molar-refractivity contribution in [2.24, 2.45) is 10.9 Å². The van der Waals surface area contributed by atoms with Crippen molar-refractivity contribution >= 4 is 94.0 Å². The minimum atomic E-state index is -3.62. The SMILES string of the molecule is Brc1cccc(-c2cc(-c3ccccc3)[nH]n2)c1.Cc1ccc(S(=O)(=O)N/N=C/c2cccc(Br)c2)cc1.Cc1ccc(S(=O)(=O)NN)cc1.Cc1cccc(O[B]O)c1.O=C(O)c1cccc(-c2cccc(-c3cc(-c4ccccc4)[nH]n3)c2)c1.O=Cc1cccc(Br)c1. The number of halogens is 3. The van der Waals surface area contributed by atoms with Crippen molar-refractivity contribution in [1.29, 1.82) is 0 Å². The molecule has 0 spiro atoms. The summed E-state index contributed by atoms with van der Waals surface area (Å²) in [6.07, 6.45) is 2.28. The number of carboxylic acid groups (broad SMARTS) is 1. The summed E-state index contributed by atoms with van der Waals surface area (Å²) in [6.45, 7) is 5.74. The summed E-state index contributed by atoms with van der Waals surface area (Å²) in [5.74, 6) is 4.57. The Morgan fingerprint density at radius 2 is 0.937 bits per heavy atom. The number of nitrogens with one attached hydrogen (secondary N) is 4. The number of aromatic amines is 2. The summed E-state index contributed by atoms with van der Waals surface area (Å²) >= 11 is 10.1. The molecule has 0 fully saturated rings. The number of aromatic nitrogens is 4. The molecule has 0 atom stereocenters. The summed E-state index contributed by atoms with van der Waals surface area (Å²) in [6, 6.07) is 82.4. The number of aldehydes is 1. The van der Waals surface area contributed by atoms with Gasteiger partial charge in [0.05, 0.1) is 44.3 Å². The van der Waals surface area contributed by atoms with Crippen molar-refractivity contribution in [1.82, 2.24) is 30.1 Å². The van der Waals surface area contributed by atoms with Gasteiger partial charge in [-0.1, -0.05) is 223 Å². The third-order valence-corrected chi connectivity index (χ3v) is 17.2. The molecule has 12 rings (SSSR count). The molecule has 481 valence electrons. The molecule has 0 aliphatic rings. The fourth-order valence-corrected chi connectivity index (χ4v) is 11.1. The lowest BCUT2D eigenvalue weighted by molar-refractivity contribution is 0.0696. The Morgan fingerprint density at radius 1 is 0.495 bits per heavy atom. The monoisotopic (exact) mass is 1500 g/mol. The second-order valence-corrected chi connectivity index (χ2v) is 26.5. The molecule has 2 aromatic heterocycles. The maximum absolute atomic E-state index is 12.0. The summed E-state index contributed by atoms with van der Waals surface area (Å²) in [7, 11) is -6.43. The topological polar surface area (TPSA) is 272 Å². The van der Waals surface area contributed by atoms with Gasteiger partial charge in [-0.15, -0.1) is 0 Å². The van der Waals surface area contributed by atoms with E-state index in [0.29, 0.717) is 19.0 Å². The van der Waals surface area contributed by atoms with E-state index >= 15 is 0 Å². The standard InChI is InChI=1S/C22H16N2O2.C15H11BrN2.C14H13BrN2O2S.C7H8BO2.C7H5BrO.C7H10N2O2S/c25-22(26)19-11-5-9-17(13-19)16-8-4-10-18(12-16)21-14-20(23-24-21)15-6-2-1-3-7-15;16-13-8-4-7-12(9-13)15-10-14(17-18-15)11-5-2-1-3-6-11;1-11-5-7-14(8-6-11)20(18,19)17-16-10-12-3-2-4-13(15)9-12;1-6-3-2-4-7(5-6)10-8-9;8-7-3-1-2-6(4-7)5-9;1-6-2-4-7(5-3-6)12(10,11)9-8/h1-14H,(H,23,24)(H,25,26);1-10H,(H,17,18);2-10,17H,1H3;2-5,9H,1H3;1-5H;2-5,9H,8H2,1H3/b;;16-10+;;;. The number of aryl methyl sites for hydroxylation is 3. The lowest BCUT2D eigenvalue weighted by Crippen LogP contribution is -2.30. The van der Waals surface area contributed by atoms with Gasteiger partial charge in [0.25, 0.3) is 20.0 Å². The first-order valence-corrected chi connectivity index (χ1v) is 34.0. The van der Waals surface area contributed by atoms with E-state index in [2.05, 4.69) is 108 Å². The Bertz CT molecular complexity index is 4700. The highest BCUT2D eigenvalue weighted by molar-refractivity contribution is 9.11. The van der Waals surface area contributed by atoms with Crippen LogP contribution >= 0.6 is 47.8 Å². The first-order valence-electron chi connectivity index (χ1n) is 28.7. The van der Waals surface area contributed by atoms with E-state index in [4.69, 9.17) is 15.5 Å². The van der Waals surface area contributed by atoms with Crippen LogP contribution in [0, 0.1) is 20.8 Å². The number of aromatic carboxylic acids is 1. The van der Waals surface area contributed by atoms with E-state index in [0.717, 1.165) is 98.1 Å². The number of hydrazone groups is 1. The van der Waals surface area contributed by atoms with Crippen LogP contribution in [0.25, 0.3) is 56.2 Å². The van der Waals surface area contributed by atoms with Crippen LogP contribution in [0.15, 0.2) is 295 Å². The Hall–Kier alpha value is -9.69. The Labute approximate surface area is 578 Å². The molecule has 2 heterocycles. The number of carbonyl (C=O) groups is 2. The van der Waals surface area contributed by atoms with Gasteiger partial charge >= 0.3 is 13.7 Å². The summed E-state index contributed by atoms with van der Waals surface area (Å²) in [5, 5.41) is 36.2. The highest BCUT2D eigenvalue weighted by Crippen LogP contribution is 2.30. The van der Waals surface area contributed by atoms with Crippen LogP contribution in [-0.2, 0) is 20.0 Å². The number of carboxylic acids is 1. The van der Waals surface area contributed by atoms with Crippen LogP contribution in [0.4, 0.5) is 0 Å². The molecule has 0 aliphatic carbocycles. The molecular weight excluding hydrogens is 1440 g/mol. The fourth-order valence-electron chi connectivity index (χ4n) is 8.45. The van der Waals surface area contributed by atoms with Gasteiger partial charge in [0.15, 0.2) is 0 Å². The van der Waals surface area contributed by atoms with Gasteiger partial charge in [-0.2, -0.15) is 28.5 Å². The van der Waals surface area contributed by atoms with Crippen molar-refractivity contribution < 1.29 is 41.2 Å². The third kappa shape index (κ3) is 23.7. The van der Waals surface area contributed by atoms with Crippen LogP contribution < -0.4 is 20.2 Å². The lowest BCUT2D eigenvalue weighted by atomic mass is 10.00.